The van der Waals surface area contributed by atoms with Crippen LogP contribution in [0.3, 0.4) is 0 Å². The second-order valence-electron chi connectivity index (χ2n) is 6.67. The summed E-state index contributed by atoms with van der Waals surface area (Å²) in [5, 5.41) is 13.4. The summed E-state index contributed by atoms with van der Waals surface area (Å²) >= 11 is 0. The van der Waals surface area contributed by atoms with Crippen LogP contribution in [0.2, 0.25) is 0 Å². The molecule has 0 unspecified atom stereocenters. The van der Waals surface area contributed by atoms with Gasteiger partial charge in [0.2, 0.25) is 0 Å². The molecule has 0 aliphatic rings. The summed E-state index contributed by atoms with van der Waals surface area (Å²) in [4.78, 5) is 22.0. The van der Waals surface area contributed by atoms with Crippen LogP contribution in [0.5, 0.6) is 5.75 Å². The standard InChI is InChI=1S/C23H21FN2O4/c24-21-15-19(26(28)29)11-12-22(21)30-16-23(27)25-14-13-20(17-7-3-1-4-8-17)18-9-5-2-6-10-18/h1-12,15,20H,13-14,16H2,(H,25,27). The summed E-state index contributed by atoms with van der Waals surface area (Å²) in [6.07, 6.45) is 0.686. The fraction of sp³-hybridized carbons (Fsp3) is 0.174. The average Bonchev–Trinajstić information content (AvgIpc) is 2.77. The number of non-ortho nitro benzene ring substituents is 1. The third-order valence-electron chi connectivity index (χ3n) is 4.64. The number of hydrogen-bond acceptors (Lipinski definition) is 4. The Morgan fingerprint density at radius 3 is 2.13 bits per heavy atom. The van der Waals surface area contributed by atoms with E-state index in [1.807, 2.05) is 36.4 Å². The Kier molecular flexibility index (Phi) is 7.10. The van der Waals surface area contributed by atoms with E-state index in [-0.39, 0.29) is 24.0 Å². The lowest BCUT2D eigenvalue weighted by molar-refractivity contribution is -0.385. The van der Waals surface area contributed by atoms with Crippen molar-refractivity contribution >= 4 is 11.6 Å². The molecule has 0 spiro atoms. The van der Waals surface area contributed by atoms with E-state index in [4.69, 9.17) is 4.74 Å². The number of benzene rings is 3. The zero-order valence-electron chi connectivity index (χ0n) is 16.2. The summed E-state index contributed by atoms with van der Waals surface area (Å²) in [6, 6.07) is 23.1. The molecule has 1 N–H and O–H groups in total. The van der Waals surface area contributed by atoms with Gasteiger partial charge in [-0.1, -0.05) is 60.7 Å². The average molecular weight is 408 g/mol. The molecule has 6 nitrogen and oxygen atoms in total. The lowest BCUT2D eigenvalue weighted by Crippen LogP contribution is -2.30. The summed E-state index contributed by atoms with van der Waals surface area (Å²) in [6.45, 7) is 0.0372. The van der Waals surface area contributed by atoms with E-state index in [0.29, 0.717) is 13.0 Å². The van der Waals surface area contributed by atoms with E-state index >= 15 is 0 Å². The molecule has 0 saturated heterocycles. The van der Waals surface area contributed by atoms with Crippen molar-refractivity contribution < 1.29 is 18.8 Å². The largest absolute Gasteiger partial charge is 0.481 e. The van der Waals surface area contributed by atoms with Gasteiger partial charge in [0.1, 0.15) is 0 Å². The second kappa shape index (κ2) is 10.2. The van der Waals surface area contributed by atoms with Crippen molar-refractivity contribution in [3.63, 3.8) is 0 Å². The summed E-state index contributed by atoms with van der Waals surface area (Å²) in [5.74, 6) is -1.36. The molecule has 3 rings (SSSR count). The Morgan fingerprint density at radius 1 is 1.00 bits per heavy atom. The summed E-state index contributed by atoms with van der Waals surface area (Å²) in [5.41, 5.74) is 1.93. The second-order valence-corrected chi connectivity index (χ2v) is 6.67. The molecule has 0 aliphatic heterocycles. The third kappa shape index (κ3) is 5.64. The van der Waals surface area contributed by atoms with Crippen molar-refractivity contribution in [1.82, 2.24) is 5.32 Å². The van der Waals surface area contributed by atoms with Gasteiger partial charge < -0.3 is 10.1 Å². The lowest BCUT2D eigenvalue weighted by atomic mass is 9.88. The molecule has 7 heteroatoms. The van der Waals surface area contributed by atoms with Crippen molar-refractivity contribution in [2.75, 3.05) is 13.2 Å². The molecular weight excluding hydrogens is 387 g/mol. The number of amides is 1. The fourth-order valence-electron chi connectivity index (χ4n) is 3.17. The maximum absolute atomic E-state index is 13.8. The highest BCUT2D eigenvalue weighted by atomic mass is 19.1. The smallest absolute Gasteiger partial charge is 0.272 e. The minimum Gasteiger partial charge on any atom is -0.481 e. The maximum Gasteiger partial charge on any atom is 0.272 e. The molecule has 0 radical (unpaired) electrons. The van der Waals surface area contributed by atoms with Gasteiger partial charge in [0.15, 0.2) is 18.2 Å². The monoisotopic (exact) mass is 408 g/mol. The van der Waals surface area contributed by atoms with Crippen molar-refractivity contribution in [3.8, 4) is 5.75 Å². The lowest BCUT2D eigenvalue weighted by Gasteiger charge is -2.18. The maximum atomic E-state index is 13.8. The van der Waals surface area contributed by atoms with Gasteiger partial charge >= 0.3 is 0 Å². The summed E-state index contributed by atoms with van der Waals surface area (Å²) in [7, 11) is 0. The fourth-order valence-corrected chi connectivity index (χ4v) is 3.17. The Morgan fingerprint density at radius 2 is 1.60 bits per heavy atom. The number of nitrogens with zero attached hydrogens (tertiary/aromatic N) is 1. The van der Waals surface area contributed by atoms with E-state index in [2.05, 4.69) is 29.6 Å². The number of halogens is 1. The first kappa shape index (κ1) is 21.0. The van der Waals surface area contributed by atoms with Gasteiger partial charge in [-0.05, 0) is 23.6 Å². The van der Waals surface area contributed by atoms with Gasteiger partial charge in [0.25, 0.3) is 11.6 Å². The van der Waals surface area contributed by atoms with Gasteiger partial charge in [-0.15, -0.1) is 0 Å². The van der Waals surface area contributed by atoms with Gasteiger partial charge in [-0.25, -0.2) is 4.39 Å². The van der Waals surface area contributed by atoms with Crippen molar-refractivity contribution in [1.29, 1.82) is 0 Å². The van der Waals surface area contributed by atoms with Crippen LogP contribution in [0.25, 0.3) is 0 Å². The number of carbonyl (C=O) groups excluding carboxylic acids is 1. The first-order valence-corrected chi connectivity index (χ1v) is 9.48. The Hall–Kier alpha value is -3.74. The number of ether oxygens (including phenoxy) is 1. The number of carbonyl (C=O) groups is 1. The molecule has 0 fully saturated rings. The van der Waals surface area contributed by atoms with E-state index in [0.717, 1.165) is 29.3 Å². The van der Waals surface area contributed by atoms with Gasteiger partial charge in [-0.3, -0.25) is 14.9 Å². The number of hydrogen-bond donors (Lipinski definition) is 1. The first-order valence-electron chi connectivity index (χ1n) is 9.48. The van der Waals surface area contributed by atoms with Crippen LogP contribution in [-0.4, -0.2) is 24.0 Å². The summed E-state index contributed by atoms with van der Waals surface area (Å²) < 4.78 is 19.0. The quantitative estimate of drug-likeness (QED) is 0.419. The zero-order chi connectivity index (χ0) is 21.3. The molecule has 0 aromatic heterocycles. The van der Waals surface area contributed by atoms with Crippen LogP contribution < -0.4 is 10.1 Å². The van der Waals surface area contributed by atoms with Crippen LogP contribution >= 0.6 is 0 Å². The van der Waals surface area contributed by atoms with Crippen LogP contribution in [0.1, 0.15) is 23.5 Å². The number of rotatable bonds is 9. The van der Waals surface area contributed by atoms with Crippen LogP contribution in [0, 0.1) is 15.9 Å². The predicted octanol–water partition coefficient (Wildman–Crippen LogP) is 4.45. The molecule has 3 aromatic carbocycles. The Labute approximate surface area is 173 Å². The topological polar surface area (TPSA) is 81.5 Å². The molecule has 0 bridgehead atoms. The molecule has 3 aromatic rings. The molecule has 154 valence electrons. The normalized spacial score (nSPS) is 10.6. The Bertz CT molecular complexity index is 957. The minimum atomic E-state index is -0.884. The first-order chi connectivity index (χ1) is 14.5. The van der Waals surface area contributed by atoms with E-state index in [1.165, 1.54) is 0 Å². The minimum absolute atomic E-state index is 0.126. The molecule has 0 aliphatic carbocycles. The highest BCUT2D eigenvalue weighted by molar-refractivity contribution is 5.77. The zero-order valence-corrected chi connectivity index (χ0v) is 16.2. The molecule has 1 amide bonds. The number of nitro groups is 1. The van der Waals surface area contributed by atoms with E-state index in [9.17, 15) is 19.3 Å². The number of nitro benzene ring substituents is 1. The van der Waals surface area contributed by atoms with Crippen LogP contribution in [0.15, 0.2) is 78.9 Å². The number of nitrogens with one attached hydrogen (secondary N) is 1. The predicted molar refractivity (Wildman–Crippen MR) is 111 cm³/mol. The SMILES string of the molecule is O=C(COc1ccc([N+](=O)[O-])cc1F)NCCC(c1ccccc1)c1ccccc1. The molecular formula is C23H21FN2O4. The van der Waals surface area contributed by atoms with Gasteiger partial charge in [0, 0.05) is 18.5 Å². The van der Waals surface area contributed by atoms with Gasteiger partial charge in [0.05, 0.1) is 11.0 Å². The van der Waals surface area contributed by atoms with Crippen molar-refractivity contribution in [2.45, 2.75) is 12.3 Å². The highest BCUT2D eigenvalue weighted by Crippen LogP contribution is 2.27. The Balaban J connectivity index is 1.54. The van der Waals surface area contributed by atoms with Crippen LogP contribution in [0.4, 0.5) is 10.1 Å². The highest BCUT2D eigenvalue weighted by Gasteiger charge is 2.15. The molecule has 0 atom stereocenters. The van der Waals surface area contributed by atoms with Crippen molar-refractivity contribution in [2.24, 2.45) is 0 Å². The molecule has 30 heavy (non-hydrogen) atoms. The van der Waals surface area contributed by atoms with E-state index in [1.54, 1.807) is 0 Å². The van der Waals surface area contributed by atoms with E-state index < -0.39 is 16.6 Å². The van der Waals surface area contributed by atoms with Gasteiger partial charge in [-0.2, -0.15) is 0 Å². The molecule has 0 saturated carbocycles. The van der Waals surface area contributed by atoms with Crippen molar-refractivity contribution in [3.05, 3.63) is 106 Å². The third-order valence-corrected chi connectivity index (χ3v) is 4.64. The van der Waals surface area contributed by atoms with Crippen LogP contribution in [-0.2, 0) is 4.79 Å². The molecule has 0 heterocycles.